The van der Waals surface area contributed by atoms with Crippen molar-refractivity contribution < 1.29 is 14.4 Å². The average molecular weight is 401 g/mol. The molecular formula is C17H25ClN4O3S. The van der Waals surface area contributed by atoms with E-state index in [1.54, 1.807) is 23.9 Å². The Morgan fingerprint density at radius 2 is 1.96 bits per heavy atom. The fraction of sp³-hybridized carbons (Fsp3) is 0.588. The van der Waals surface area contributed by atoms with E-state index < -0.39 is 6.04 Å². The number of carbonyl (C=O) groups is 3. The van der Waals surface area contributed by atoms with Gasteiger partial charge in [-0.05, 0) is 18.4 Å². The number of fused-ring (bicyclic) bond motifs is 3. The Labute approximate surface area is 163 Å². The minimum atomic E-state index is -0.471. The first-order valence-electron chi connectivity index (χ1n) is 8.56. The topological polar surface area (TPSA) is 87.0 Å². The second-order valence-corrected chi connectivity index (χ2v) is 7.79. The summed E-state index contributed by atoms with van der Waals surface area (Å²) < 4.78 is 0. The minimum absolute atomic E-state index is 0. The smallest absolute Gasteiger partial charge is 0.257 e. The molecule has 2 aliphatic rings. The largest absolute Gasteiger partial charge is 0.336 e. The number of nitrogens with two attached hydrogens (primary N) is 1. The summed E-state index contributed by atoms with van der Waals surface area (Å²) in [6.07, 6.45) is 2.16. The van der Waals surface area contributed by atoms with Crippen molar-refractivity contribution in [3.05, 3.63) is 16.0 Å². The number of likely N-dealkylation sites (N-methyl/N-ethyl adjacent to an activating group) is 2. The number of carbonyl (C=O) groups excluding carboxylic acids is 3. The number of thiophene rings is 1. The van der Waals surface area contributed by atoms with E-state index in [0.29, 0.717) is 36.5 Å². The van der Waals surface area contributed by atoms with Crippen LogP contribution in [-0.4, -0.2) is 60.7 Å². The van der Waals surface area contributed by atoms with Crippen LogP contribution in [0.2, 0.25) is 0 Å². The zero-order valence-corrected chi connectivity index (χ0v) is 16.9. The van der Waals surface area contributed by atoms with Gasteiger partial charge >= 0.3 is 0 Å². The van der Waals surface area contributed by atoms with Gasteiger partial charge in [-0.3, -0.25) is 14.4 Å². The second kappa shape index (κ2) is 7.94. The number of amides is 3. The zero-order valence-electron chi connectivity index (χ0n) is 15.3. The van der Waals surface area contributed by atoms with E-state index in [4.69, 9.17) is 5.73 Å². The van der Waals surface area contributed by atoms with Crippen LogP contribution in [0.5, 0.6) is 0 Å². The highest BCUT2D eigenvalue weighted by Gasteiger charge is 2.36. The van der Waals surface area contributed by atoms with Crippen LogP contribution in [0, 0.1) is 0 Å². The normalized spacial score (nSPS) is 18.1. The third-order valence-corrected chi connectivity index (χ3v) is 6.17. The van der Waals surface area contributed by atoms with Crippen molar-refractivity contribution in [2.75, 3.05) is 32.1 Å². The summed E-state index contributed by atoms with van der Waals surface area (Å²) in [5.41, 5.74) is 7.58. The highest BCUT2D eigenvalue weighted by atomic mass is 35.5. The van der Waals surface area contributed by atoms with Crippen molar-refractivity contribution in [1.29, 1.82) is 0 Å². The summed E-state index contributed by atoms with van der Waals surface area (Å²) in [7, 11) is 3.35. The molecule has 0 unspecified atom stereocenters. The van der Waals surface area contributed by atoms with Crippen LogP contribution < -0.4 is 10.6 Å². The van der Waals surface area contributed by atoms with Crippen molar-refractivity contribution >= 4 is 46.5 Å². The molecule has 1 aromatic heterocycles. The van der Waals surface area contributed by atoms with Crippen LogP contribution in [0.4, 0.5) is 5.00 Å². The quantitative estimate of drug-likeness (QED) is 0.826. The molecule has 0 fully saturated rings. The van der Waals surface area contributed by atoms with Gasteiger partial charge in [0.1, 0.15) is 11.5 Å². The van der Waals surface area contributed by atoms with Gasteiger partial charge in [0.2, 0.25) is 11.8 Å². The molecule has 3 amide bonds. The van der Waals surface area contributed by atoms with Crippen molar-refractivity contribution in [2.24, 2.45) is 5.73 Å². The summed E-state index contributed by atoms with van der Waals surface area (Å²) in [6.45, 7) is 3.11. The van der Waals surface area contributed by atoms with E-state index in [0.717, 1.165) is 16.9 Å². The molecule has 0 aliphatic carbocycles. The zero-order chi connectivity index (χ0) is 18.3. The summed E-state index contributed by atoms with van der Waals surface area (Å²) in [5.74, 6) is -0.261. The molecule has 0 saturated carbocycles. The van der Waals surface area contributed by atoms with Gasteiger partial charge in [0.05, 0.1) is 18.2 Å². The number of rotatable bonds is 3. The van der Waals surface area contributed by atoms with Crippen LogP contribution in [0.1, 0.15) is 40.6 Å². The second-order valence-electron chi connectivity index (χ2n) is 6.70. The highest BCUT2D eigenvalue weighted by Crippen LogP contribution is 2.40. The van der Waals surface area contributed by atoms with Gasteiger partial charge in [0.15, 0.2) is 0 Å². The van der Waals surface area contributed by atoms with Crippen molar-refractivity contribution in [1.82, 2.24) is 9.80 Å². The van der Waals surface area contributed by atoms with Gasteiger partial charge in [0.25, 0.3) is 5.91 Å². The Kier molecular flexibility index (Phi) is 6.31. The Morgan fingerprint density at radius 1 is 1.27 bits per heavy atom. The Bertz CT molecular complexity index is 736. The first kappa shape index (κ1) is 20.7. The summed E-state index contributed by atoms with van der Waals surface area (Å²) >= 11 is 1.44. The molecule has 1 atom stereocenters. The molecule has 3 heterocycles. The fourth-order valence-corrected chi connectivity index (χ4v) is 4.72. The lowest BCUT2D eigenvalue weighted by Gasteiger charge is -2.29. The van der Waals surface area contributed by atoms with E-state index in [1.165, 1.54) is 16.2 Å². The molecule has 144 valence electrons. The third kappa shape index (κ3) is 3.45. The van der Waals surface area contributed by atoms with E-state index >= 15 is 0 Å². The lowest BCUT2D eigenvalue weighted by atomic mass is 10.0. The van der Waals surface area contributed by atoms with Gasteiger partial charge in [-0.15, -0.1) is 23.7 Å². The number of nitrogens with zero attached hydrogens (tertiary/aromatic N) is 3. The number of anilines is 1. The van der Waals surface area contributed by atoms with E-state index in [9.17, 15) is 14.4 Å². The molecule has 26 heavy (non-hydrogen) atoms. The van der Waals surface area contributed by atoms with E-state index in [2.05, 4.69) is 0 Å². The lowest BCUT2D eigenvalue weighted by Crippen LogP contribution is -2.45. The number of hydrogen-bond acceptors (Lipinski definition) is 5. The molecule has 2 aliphatic heterocycles. The Morgan fingerprint density at radius 3 is 2.62 bits per heavy atom. The van der Waals surface area contributed by atoms with Gasteiger partial charge in [-0.25, -0.2) is 0 Å². The van der Waals surface area contributed by atoms with Gasteiger partial charge in [-0.2, -0.15) is 0 Å². The van der Waals surface area contributed by atoms with E-state index in [1.807, 2.05) is 6.92 Å². The highest BCUT2D eigenvalue weighted by molar-refractivity contribution is 7.17. The third-order valence-electron chi connectivity index (χ3n) is 4.88. The first-order chi connectivity index (χ1) is 11.8. The molecule has 1 aromatic rings. The monoisotopic (exact) mass is 400 g/mol. The van der Waals surface area contributed by atoms with Crippen molar-refractivity contribution in [3.8, 4) is 0 Å². The van der Waals surface area contributed by atoms with Crippen molar-refractivity contribution in [2.45, 2.75) is 38.8 Å². The predicted molar refractivity (Wildman–Crippen MR) is 104 cm³/mol. The summed E-state index contributed by atoms with van der Waals surface area (Å²) in [4.78, 5) is 43.2. The molecule has 7 nitrogen and oxygen atoms in total. The van der Waals surface area contributed by atoms with E-state index in [-0.39, 0.29) is 36.7 Å². The van der Waals surface area contributed by atoms with Crippen molar-refractivity contribution in [3.63, 3.8) is 0 Å². The minimum Gasteiger partial charge on any atom is -0.336 e. The van der Waals surface area contributed by atoms with Crippen LogP contribution >= 0.6 is 23.7 Å². The maximum absolute atomic E-state index is 12.7. The number of hydrogen-bond donors (Lipinski definition) is 1. The molecule has 2 N–H and O–H groups in total. The molecule has 0 aromatic carbocycles. The average Bonchev–Trinajstić information content (AvgIpc) is 2.94. The van der Waals surface area contributed by atoms with Crippen LogP contribution in [0.15, 0.2) is 0 Å². The fourth-order valence-electron chi connectivity index (χ4n) is 3.39. The van der Waals surface area contributed by atoms with Gasteiger partial charge in [0, 0.05) is 25.5 Å². The maximum atomic E-state index is 12.7. The molecule has 3 rings (SSSR count). The first-order valence-corrected chi connectivity index (χ1v) is 9.37. The molecular weight excluding hydrogens is 376 g/mol. The molecule has 9 heteroatoms. The van der Waals surface area contributed by atoms with Crippen LogP contribution in [0.3, 0.4) is 0 Å². The Balaban J connectivity index is 0.00000243. The lowest BCUT2D eigenvalue weighted by molar-refractivity contribution is -0.133. The Hall–Kier alpha value is -1.64. The maximum Gasteiger partial charge on any atom is 0.257 e. The van der Waals surface area contributed by atoms with Crippen LogP contribution in [0.25, 0.3) is 0 Å². The van der Waals surface area contributed by atoms with Crippen LogP contribution in [-0.2, 0) is 22.6 Å². The predicted octanol–water partition coefficient (Wildman–Crippen LogP) is 1.23. The molecule has 0 bridgehead atoms. The molecule has 0 saturated heterocycles. The van der Waals surface area contributed by atoms with Gasteiger partial charge in [-0.1, -0.05) is 13.3 Å². The standard InChI is InChI=1S/C17H24N4O3S.ClH/c1-4-5-11(18)15(23)21-7-6-10-12(8-21)25-17-14(10)16(24)19(2)9-13(22)20(17)3;/h11H,4-9,18H2,1-3H3;1H/t11-;/m0./s1. The summed E-state index contributed by atoms with van der Waals surface area (Å²) in [5, 5.41) is 0.691. The van der Waals surface area contributed by atoms with Gasteiger partial charge < -0.3 is 20.4 Å². The summed E-state index contributed by atoms with van der Waals surface area (Å²) in [6, 6.07) is -0.471. The number of halogens is 1. The molecule has 0 spiro atoms. The molecule has 0 radical (unpaired) electrons. The SMILES string of the molecule is CCC[C@H](N)C(=O)N1CCc2c(sc3c2C(=O)N(C)CC(=O)N3C)C1.Cl.